The molecule has 0 spiro atoms. The molecule has 1 unspecified atom stereocenters. The average molecular weight is 538 g/mol. The van der Waals surface area contributed by atoms with Crippen molar-refractivity contribution in [1.82, 2.24) is 10.2 Å². The number of hydrogen-bond donors (Lipinski definition) is 3. The molecule has 175 valence electrons. The maximum absolute atomic E-state index is 12.3. The first-order valence-electron chi connectivity index (χ1n) is 11.1. The van der Waals surface area contributed by atoms with Crippen LogP contribution in [-0.4, -0.2) is 61.0 Å². The van der Waals surface area contributed by atoms with Gasteiger partial charge in [-0.1, -0.05) is 31.2 Å². The molecule has 0 aliphatic carbocycles. The number of fused-ring (bicyclic) bond motifs is 2. The Bertz CT molecular complexity index is 1040. The van der Waals surface area contributed by atoms with E-state index >= 15 is 0 Å². The Hall–Kier alpha value is -1.39. The third kappa shape index (κ3) is 6.05. The molecule has 1 atom stereocenters. The van der Waals surface area contributed by atoms with Crippen LogP contribution in [0.15, 0.2) is 36.4 Å². The Morgan fingerprint density at radius 2 is 1.76 bits per heavy atom. The van der Waals surface area contributed by atoms with Crippen molar-refractivity contribution in [2.45, 2.75) is 39.0 Å². The van der Waals surface area contributed by atoms with E-state index in [0.29, 0.717) is 35.3 Å². The molecule has 0 saturated carbocycles. The van der Waals surface area contributed by atoms with E-state index in [9.17, 15) is 19.6 Å². The van der Waals surface area contributed by atoms with Crippen molar-refractivity contribution in [3.05, 3.63) is 64.7 Å². The van der Waals surface area contributed by atoms with Crippen LogP contribution in [0, 0.1) is 6.04 Å². The minimum absolute atomic E-state index is 0. The fourth-order valence-electron chi connectivity index (χ4n) is 4.41. The second kappa shape index (κ2) is 12.0. The van der Waals surface area contributed by atoms with Crippen molar-refractivity contribution < 1.29 is 61.7 Å². The van der Waals surface area contributed by atoms with Gasteiger partial charge in [-0.15, -0.1) is 6.42 Å². The summed E-state index contributed by atoms with van der Waals surface area (Å²) < 4.78 is 10.1. The summed E-state index contributed by atoms with van der Waals surface area (Å²) in [6.45, 7) is 3.82. The number of rotatable bonds is 4. The maximum atomic E-state index is 12.3. The topological polar surface area (TPSA) is 108 Å². The van der Waals surface area contributed by atoms with Crippen molar-refractivity contribution in [2.24, 2.45) is 0 Å². The summed E-state index contributed by atoms with van der Waals surface area (Å²) in [4.78, 5) is 25.0. The number of carbonyl (C=O) groups excluding carboxylic acids is 2. The molecule has 0 aromatic heterocycles. The molecule has 3 heterocycles. The van der Waals surface area contributed by atoms with Crippen LogP contribution in [0.5, 0.6) is 0 Å². The van der Waals surface area contributed by atoms with Crippen LogP contribution >= 0.6 is 0 Å². The van der Waals surface area contributed by atoms with E-state index in [4.69, 9.17) is 9.31 Å². The number of likely N-dealkylation sites (N-methyl/N-ethyl adjacent to an activating group) is 1. The normalized spacial score (nSPS) is 19.1. The van der Waals surface area contributed by atoms with Crippen molar-refractivity contribution in [2.75, 3.05) is 13.6 Å². The molecule has 8 nitrogen and oxygen atoms in total. The van der Waals surface area contributed by atoms with Gasteiger partial charge in [-0.05, 0) is 47.8 Å². The van der Waals surface area contributed by atoms with Crippen LogP contribution < -0.4 is 16.2 Å². The average Bonchev–Trinajstić information content (AvgIpc) is 3.50. The summed E-state index contributed by atoms with van der Waals surface area (Å²) in [6.07, 6.45) is 2.69. The van der Waals surface area contributed by atoms with Gasteiger partial charge in [0.1, 0.15) is 6.29 Å². The molecular weight excluding hydrogens is 511 g/mol. The fraction of sp³-hybridized carbons (Fsp3) is 0.348. The molecule has 2 aromatic carbocycles. The van der Waals surface area contributed by atoms with Crippen LogP contribution in [0.2, 0.25) is 0 Å². The SMILES string of the molecule is CC[C-]1CC(NC(=O)c2ccc3c(c2)B(O)OC3)CN1C.O=Cc1ccc2c(c1)B(O)OC2.[Y]. The van der Waals surface area contributed by atoms with Crippen LogP contribution in [0.1, 0.15) is 51.6 Å². The summed E-state index contributed by atoms with van der Waals surface area (Å²) in [6, 6.07) is 12.1. The smallest absolute Gasteiger partial charge is 0.454 e. The number of nitrogens with zero attached hydrogens (tertiary/aromatic N) is 1. The molecule has 3 N–H and O–H groups in total. The summed E-state index contributed by atoms with van der Waals surface area (Å²) in [5.41, 5.74) is 4.45. The zero-order valence-electron chi connectivity index (χ0n) is 19.4. The minimum Gasteiger partial charge on any atom is -0.454 e. The van der Waals surface area contributed by atoms with Crippen molar-refractivity contribution >= 4 is 37.4 Å². The number of carbonyl (C=O) groups is 2. The van der Waals surface area contributed by atoms with Crippen LogP contribution in [0.25, 0.3) is 0 Å². The van der Waals surface area contributed by atoms with Crippen LogP contribution in [0.4, 0.5) is 0 Å². The Kier molecular flexibility index (Phi) is 9.63. The monoisotopic (exact) mass is 538 g/mol. The van der Waals surface area contributed by atoms with Gasteiger partial charge in [-0.2, -0.15) is 6.42 Å². The van der Waals surface area contributed by atoms with Gasteiger partial charge in [-0.25, -0.2) is 6.04 Å². The number of nitrogens with one attached hydrogen (secondary N) is 1. The van der Waals surface area contributed by atoms with E-state index in [2.05, 4.69) is 24.2 Å². The predicted molar refractivity (Wildman–Crippen MR) is 125 cm³/mol. The molecule has 3 aliphatic rings. The second-order valence-electron chi connectivity index (χ2n) is 8.49. The number of amides is 1. The van der Waals surface area contributed by atoms with Crippen molar-refractivity contribution in [1.29, 1.82) is 0 Å². The van der Waals surface area contributed by atoms with Crippen LogP contribution in [-0.2, 0) is 55.2 Å². The first kappa shape index (κ1) is 27.2. The minimum atomic E-state index is -0.912. The standard InChI is InChI=1S/C15H20BN2O3.C8H7BO3.Y/c1-3-13-7-12(8-18(13)2)17-15(19)10-4-5-11-9-21-16(20)14(11)6-10;10-4-6-1-2-7-5-12-9(11)8(7)3-6;/h4-6,12,20H,3,7-9H2,1-2H3,(H,17,19);1-4,11H,5H2;/q-1;;. The van der Waals surface area contributed by atoms with E-state index in [1.807, 2.05) is 6.07 Å². The van der Waals surface area contributed by atoms with Crippen molar-refractivity contribution in [3.63, 3.8) is 0 Å². The number of likely N-dealkylation sites (tertiary alicyclic amines) is 1. The number of benzene rings is 2. The molecule has 11 heteroatoms. The number of hydrogen-bond acceptors (Lipinski definition) is 7. The maximum Gasteiger partial charge on any atom is 0.491 e. The van der Waals surface area contributed by atoms with Gasteiger partial charge in [0.05, 0.1) is 13.2 Å². The molecule has 1 radical (unpaired) electrons. The van der Waals surface area contributed by atoms with Gasteiger partial charge in [0.25, 0.3) is 5.91 Å². The first-order chi connectivity index (χ1) is 15.9. The van der Waals surface area contributed by atoms with E-state index in [0.717, 1.165) is 36.8 Å². The molecule has 34 heavy (non-hydrogen) atoms. The molecule has 1 fully saturated rings. The van der Waals surface area contributed by atoms with Crippen molar-refractivity contribution in [3.8, 4) is 0 Å². The third-order valence-electron chi connectivity index (χ3n) is 6.30. The van der Waals surface area contributed by atoms with Gasteiger partial charge in [0.15, 0.2) is 0 Å². The predicted octanol–water partition coefficient (Wildman–Crippen LogP) is -0.00551. The Morgan fingerprint density at radius 3 is 2.35 bits per heavy atom. The summed E-state index contributed by atoms with van der Waals surface area (Å²) in [5.74, 6) is -0.0901. The van der Waals surface area contributed by atoms with E-state index in [-0.39, 0.29) is 44.7 Å². The van der Waals surface area contributed by atoms with Gasteiger partial charge in [0, 0.05) is 49.9 Å². The van der Waals surface area contributed by atoms with E-state index < -0.39 is 14.2 Å². The molecule has 3 aliphatic heterocycles. The largest absolute Gasteiger partial charge is 0.491 e. The van der Waals surface area contributed by atoms with Crippen LogP contribution in [0.3, 0.4) is 0 Å². The third-order valence-corrected chi connectivity index (χ3v) is 6.30. The first-order valence-corrected chi connectivity index (χ1v) is 11.1. The van der Waals surface area contributed by atoms with Gasteiger partial charge in [0.2, 0.25) is 0 Å². The summed E-state index contributed by atoms with van der Waals surface area (Å²) >= 11 is 0. The molecule has 1 saturated heterocycles. The van der Waals surface area contributed by atoms with E-state index in [1.54, 1.807) is 30.3 Å². The quantitative estimate of drug-likeness (QED) is 0.286. The summed E-state index contributed by atoms with van der Waals surface area (Å²) in [7, 11) is 0.291. The van der Waals surface area contributed by atoms with E-state index in [1.165, 1.54) is 6.04 Å². The molecular formula is C23H27B2N2O6Y-. The molecule has 2 aromatic rings. The molecule has 0 bridgehead atoms. The Labute approximate surface area is 225 Å². The van der Waals surface area contributed by atoms with Gasteiger partial charge in [-0.3, -0.25) is 9.59 Å². The summed E-state index contributed by atoms with van der Waals surface area (Å²) in [5, 5.41) is 22.0. The Morgan fingerprint density at radius 1 is 1.15 bits per heavy atom. The zero-order chi connectivity index (χ0) is 23.5. The Balaban J connectivity index is 0.000000212. The second-order valence-corrected chi connectivity index (χ2v) is 8.49. The number of aldehydes is 1. The zero-order valence-corrected chi connectivity index (χ0v) is 22.2. The van der Waals surface area contributed by atoms with Gasteiger partial charge >= 0.3 is 14.2 Å². The van der Waals surface area contributed by atoms with Gasteiger partial charge < -0.3 is 29.6 Å². The molecule has 5 rings (SSSR count). The molecule has 1 amide bonds. The fourth-order valence-corrected chi connectivity index (χ4v) is 4.41.